The number of carbonyl (C=O) groups excluding carboxylic acids is 2. The SMILES string of the molecule is CC(C)(C)OC(=O)N1C[C@H](COS(=O)(=O)c2cccc([N+](=O)[O-])c2)OC1=O. The minimum Gasteiger partial charge on any atom is -0.443 e. The van der Waals surface area contributed by atoms with E-state index in [1.165, 1.54) is 6.07 Å². The molecule has 0 spiro atoms. The molecule has 0 N–H and O–H groups in total. The Morgan fingerprint density at radius 2 is 2.07 bits per heavy atom. The van der Waals surface area contributed by atoms with Crippen LogP contribution >= 0.6 is 0 Å². The van der Waals surface area contributed by atoms with Gasteiger partial charge < -0.3 is 9.47 Å². The van der Waals surface area contributed by atoms with Crippen LogP contribution < -0.4 is 0 Å². The lowest BCUT2D eigenvalue weighted by Crippen LogP contribution is -2.38. The van der Waals surface area contributed by atoms with Gasteiger partial charge in [0.1, 0.15) is 23.2 Å². The number of non-ortho nitro benzene ring substituents is 1. The van der Waals surface area contributed by atoms with Crippen molar-refractivity contribution >= 4 is 28.0 Å². The smallest absolute Gasteiger partial charge is 0.419 e. The van der Waals surface area contributed by atoms with Gasteiger partial charge in [-0.15, -0.1) is 0 Å². The van der Waals surface area contributed by atoms with Gasteiger partial charge in [-0.05, 0) is 26.8 Å². The summed E-state index contributed by atoms with van der Waals surface area (Å²) in [4.78, 5) is 34.0. The minimum atomic E-state index is -4.32. The van der Waals surface area contributed by atoms with Crippen LogP contribution in [-0.4, -0.2) is 55.3 Å². The number of nitrogens with zero attached hydrogens (tertiary/aromatic N) is 2. The average molecular weight is 402 g/mol. The molecule has 1 atom stereocenters. The van der Waals surface area contributed by atoms with Crippen LogP contribution in [0.25, 0.3) is 0 Å². The maximum atomic E-state index is 12.2. The highest BCUT2D eigenvalue weighted by Crippen LogP contribution is 2.21. The van der Waals surface area contributed by atoms with Crippen molar-refractivity contribution in [3.8, 4) is 0 Å². The fourth-order valence-corrected chi connectivity index (χ4v) is 3.04. The molecule has 0 saturated carbocycles. The number of nitro groups is 1. The van der Waals surface area contributed by atoms with Gasteiger partial charge in [0.25, 0.3) is 15.8 Å². The summed E-state index contributed by atoms with van der Waals surface area (Å²) in [5.41, 5.74) is -1.24. The Morgan fingerprint density at radius 1 is 1.41 bits per heavy atom. The van der Waals surface area contributed by atoms with Gasteiger partial charge in [0, 0.05) is 12.1 Å². The Morgan fingerprint density at radius 3 is 2.67 bits per heavy atom. The highest BCUT2D eigenvalue weighted by molar-refractivity contribution is 7.86. The first kappa shape index (κ1) is 20.6. The first-order valence-corrected chi connectivity index (χ1v) is 9.15. The molecule has 27 heavy (non-hydrogen) atoms. The second kappa shape index (κ2) is 7.48. The lowest BCUT2D eigenvalue weighted by molar-refractivity contribution is -0.385. The van der Waals surface area contributed by atoms with Crippen molar-refractivity contribution in [2.75, 3.05) is 13.2 Å². The number of hydrogen-bond donors (Lipinski definition) is 0. The minimum absolute atomic E-state index is 0.252. The van der Waals surface area contributed by atoms with Gasteiger partial charge in [0.2, 0.25) is 0 Å². The van der Waals surface area contributed by atoms with Crippen molar-refractivity contribution < 1.29 is 36.6 Å². The third-order valence-electron chi connectivity index (χ3n) is 3.21. The average Bonchev–Trinajstić information content (AvgIpc) is 2.93. The van der Waals surface area contributed by atoms with Gasteiger partial charge in [-0.25, -0.2) is 14.5 Å². The van der Waals surface area contributed by atoms with E-state index in [1.54, 1.807) is 20.8 Å². The first-order valence-electron chi connectivity index (χ1n) is 7.74. The van der Waals surface area contributed by atoms with Crippen molar-refractivity contribution in [3.05, 3.63) is 34.4 Å². The maximum absolute atomic E-state index is 12.2. The van der Waals surface area contributed by atoms with Gasteiger partial charge in [0.15, 0.2) is 0 Å². The molecule has 1 fully saturated rings. The number of ether oxygens (including phenoxy) is 2. The predicted octanol–water partition coefficient (Wildman–Crippen LogP) is 2.06. The Labute approximate surface area is 155 Å². The summed E-state index contributed by atoms with van der Waals surface area (Å²) >= 11 is 0. The number of amides is 2. The van der Waals surface area contributed by atoms with Gasteiger partial charge in [-0.1, -0.05) is 6.07 Å². The van der Waals surface area contributed by atoms with E-state index in [0.717, 1.165) is 18.2 Å². The fraction of sp³-hybridized carbons (Fsp3) is 0.467. The molecule has 0 bridgehead atoms. The van der Waals surface area contributed by atoms with Crippen molar-refractivity contribution in [2.24, 2.45) is 0 Å². The van der Waals surface area contributed by atoms with Gasteiger partial charge in [-0.2, -0.15) is 8.42 Å². The lowest BCUT2D eigenvalue weighted by atomic mass is 10.2. The quantitative estimate of drug-likeness (QED) is 0.411. The summed E-state index contributed by atoms with van der Waals surface area (Å²) in [6.45, 7) is 4.06. The molecule has 1 aliphatic rings. The van der Waals surface area contributed by atoms with E-state index in [4.69, 9.17) is 13.7 Å². The monoisotopic (exact) mass is 402 g/mol. The molecule has 0 aliphatic carbocycles. The summed E-state index contributed by atoms with van der Waals surface area (Å²) in [6.07, 6.45) is -2.93. The van der Waals surface area contributed by atoms with Crippen LogP contribution in [0, 0.1) is 10.1 Å². The van der Waals surface area contributed by atoms with Crippen molar-refractivity contribution in [1.29, 1.82) is 0 Å². The van der Waals surface area contributed by atoms with Crippen LogP contribution in [0.15, 0.2) is 29.2 Å². The zero-order valence-electron chi connectivity index (χ0n) is 14.8. The summed E-state index contributed by atoms with van der Waals surface area (Å²) in [7, 11) is -4.32. The second-order valence-electron chi connectivity index (χ2n) is 6.59. The molecule has 1 heterocycles. The van der Waals surface area contributed by atoms with Crippen LogP contribution in [0.4, 0.5) is 15.3 Å². The third-order valence-corrected chi connectivity index (χ3v) is 4.49. The van der Waals surface area contributed by atoms with Crippen molar-refractivity contribution in [3.63, 3.8) is 0 Å². The summed E-state index contributed by atoms with van der Waals surface area (Å²) in [5, 5.41) is 10.7. The Hall–Kier alpha value is -2.73. The molecule has 0 aromatic heterocycles. The molecule has 12 heteroatoms. The number of carbonyl (C=O) groups is 2. The normalized spacial score (nSPS) is 17.5. The van der Waals surface area contributed by atoms with E-state index in [-0.39, 0.29) is 6.54 Å². The molecule has 1 saturated heterocycles. The van der Waals surface area contributed by atoms with Crippen molar-refractivity contribution in [2.45, 2.75) is 37.4 Å². The molecule has 11 nitrogen and oxygen atoms in total. The number of nitro benzene ring substituents is 1. The topological polar surface area (TPSA) is 142 Å². The molecule has 2 rings (SSSR count). The van der Waals surface area contributed by atoms with E-state index in [1.807, 2.05) is 0 Å². The molecule has 1 aromatic carbocycles. The number of rotatable bonds is 5. The predicted molar refractivity (Wildman–Crippen MR) is 89.4 cm³/mol. The van der Waals surface area contributed by atoms with E-state index in [2.05, 4.69) is 0 Å². The van der Waals surface area contributed by atoms with Gasteiger partial charge in [0.05, 0.1) is 11.5 Å². The summed E-state index contributed by atoms with van der Waals surface area (Å²) < 4.78 is 39.1. The number of cyclic esters (lactones) is 1. The molecule has 0 unspecified atom stereocenters. The third kappa shape index (κ3) is 5.37. The number of hydrogen-bond acceptors (Lipinski definition) is 9. The zero-order valence-corrected chi connectivity index (χ0v) is 15.6. The highest BCUT2D eigenvalue weighted by Gasteiger charge is 2.39. The van der Waals surface area contributed by atoms with Crippen LogP contribution in [-0.2, 0) is 23.8 Å². The molecule has 0 radical (unpaired) electrons. The van der Waals surface area contributed by atoms with Crippen LogP contribution in [0.1, 0.15) is 20.8 Å². The fourth-order valence-electron chi connectivity index (χ4n) is 2.06. The number of imide groups is 1. The largest absolute Gasteiger partial charge is 0.443 e. The maximum Gasteiger partial charge on any atom is 0.419 e. The number of benzene rings is 1. The second-order valence-corrected chi connectivity index (χ2v) is 8.21. The Kier molecular flexibility index (Phi) is 5.70. The zero-order chi connectivity index (χ0) is 20.4. The molecular formula is C15H18N2O9S. The molecule has 148 valence electrons. The Balaban J connectivity index is 2.00. The molecule has 1 aromatic rings. The van der Waals surface area contributed by atoms with Crippen molar-refractivity contribution in [1.82, 2.24) is 4.90 Å². The molecular weight excluding hydrogens is 384 g/mol. The molecule has 2 amide bonds. The van der Waals surface area contributed by atoms with Gasteiger partial charge >= 0.3 is 12.2 Å². The summed E-state index contributed by atoms with van der Waals surface area (Å²) in [6, 6.07) is 4.32. The lowest BCUT2D eigenvalue weighted by Gasteiger charge is -2.22. The van der Waals surface area contributed by atoms with E-state index in [9.17, 15) is 28.1 Å². The van der Waals surface area contributed by atoms with E-state index in [0.29, 0.717) is 4.90 Å². The Bertz CT molecular complexity index is 860. The highest BCUT2D eigenvalue weighted by atomic mass is 32.2. The van der Waals surface area contributed by atoms with Crippen LogP contribution in [0.5, 0.6) is 0 Å². The van der Waals surface area contributed by atoms with Crippen LogP contribution in [0.2, 0.25) is 0 Å². The van der Waals surface area contributed by atoms with E-state index >= 15 is 0 Å². The standard InChI is InChI=1S/C15H18N2O9S/c1-15(2,3)26-14(19)16-8-11(25-13(16)18)9-24-27(22,23)12-6-4-5-10(7-12)17(20)21/h4-7,11H,8-9H2,1-3H3/t11-/m1/s1. The van der Waals surface area contributed by atoms with Crippen LogP contribution in [0.3, 0.4) is 0 Å². The first-order chi connectivity index (χ1) is 12.4. The van der Waals surface area contributed by atoms with E-state index < -0.39 is 56.1 Å². The summed E-state index contributed by atoms with van der Waals surface area (Å²) in [5.74, 6) is 0. The molecule has 1 aliphatic heterocycles. The van der Waals surface area contributed by atoms with Gasteiger partial charge in [-0.3, -0.25) is 14.3 Å².